The molecule has 0 atom stereocenters. The van der Waals surface area contributed by atoms with Gasteiger partial charge in [-0.1, -0.05) is 41.1 Å². The summed E-state index contributed by atoms with van der Waals surface area (Å²) < 4.78 is 16.6. The molecule has 0 saturated carbocycles. The Labute approximate surface area is 152 Å². The summed E-state index contributed by atoms with van der Waals surface area (Å²) in [6.45, 7) is 4.58. The molecule has 0 saturated heterocycles. The molecule has 2 heterocycles. The van der Waals surface area contributed by atoms with Gasteiger partial charge in [0.05, 0.1) is 6.54 Å². The van der Waals surface area contributed by atoms with E-state index in [1.54, 1.807) is 0 Å². The van der Waals surface area contributed by atoms with Crippen LogP contribution in [0, 0.1) is 6.92 Å². The van der Waals surface area contributed by atoms with Crippen LogP contribution in [0.2, 0.25) is 0 Å². The minimum absolute atomic E-state index is 0.577. The molecule has 1 aromatic heterocycles. The maximum atomic E-state index is 5.64. The third kappa shape index (κ3) is 3.70. The Morgan fingerprint density at radius 2 is 1.73 bits per heavy atom. The van der Waals surface area contributed by atoms with E-state index < -0.39 is 0 Å². The lowest BCUT2D eigenvalue weighted by Crippen LogP contribution is -2.18. The molecular weight excluding hydrogens is 330 g/mol. The van der Waals surface area contributed by atoms with Crippen molar-refractivity contribution in [3.05, 3.63) is 59.5 Å². The largest absolute Gasteiger partial charge is 0.486 e. The fraction of sp³-hybridized carbons (Fsp3) is 0.300. The van der Waals surface area contributed by atoms with Crippen LogP contribution in [0.3, 0.4) is 0 Å². The molecular formula is C20H21N3O3. The quantitative estimate of drug-likeness (QED) is 0.702. The molecule has 6 heteroatoms. The summed E-state index contributed by atoms with van der Waals surface area (Å²) in [5.74, 6) is 2.83. The van der Waals surface area contributed by atoms with Crippen molar-refractivity contribution < 1.29 is 14.0 Å². The lowest BCUT2D eigenvalue weighted by molar-refractivity contribution is 0.171. The van der Waals surface area contributed by atoms with Crippen molar-refractivity contribution >= 4 is 0 Å². The fourth-order valence-electron chi connectivity index (χ4n) is 2.92. The molecule has 3 aromatic rings. The Balaban J connectivity index is 1.40. The third-order valence-corrected chi connectivity index (χ3v) is 4.24. The van der Waals surface area contributed by atoms with E-state index in [9.17, 15) is 0 Å². The molecule has 1 aliphatic heterocycles. The lowest BCUT2D eigenvalue weighted by Gasteiger charge is -2.20. The number of fused-ring (bicyclic) bond motifs is 1. The van der Waals surface area contributed by atoms with Crippen molar-refractivity contribution in [2.75, 3.05) is 20.3 Å². The molecule has 134 valence electrons. The van der Waals surface area contributed by atoms with E-state index in [4.69, 9.17) is 14.0 Å². The second-order valence-electron chi connectivity index (χ2n) is 6.53. The molecule has 1 aliphatic rings. The van der Waals surface area contributed by atoms with Gasteiger partial charge < -0.3 is 14.0 Å². The minimum atomic E-state index is 0.577. The van der Waals surface area contributed by atoms with Gasteiger partial charge in [-0.15, -0.1) is 0 Å². The number of ether oxygens (including phenoxy) is 2. The molecule has 6 nitrogen and oxygen atoms in total. The van der Waals surface area contributed by atoms with Crippen LogP contribution >= 0.6 is 0 Å². The number of aryl methyl sites for hydroxylation is 1. The molecule has 0 spiro atoms. The molecule has 2 aromatic carbocycles. The van der Waals surface area contributed by atoms with E-state index in [1.165, 1.54) is 5.56 Å². The van der Waals surface area contributed by atoms with Crippen molar-refractivity contribution in [1.82, 2.24) is 15.0 Å². The van der Waals surface area contributed by atoms with Gasteiger partial charge in [-0.05, 0) is 31.7 Å². The average molecular weight is 351 g/mol. The van der Waals surface area contributed by atoms with Gasteiger partial charge in [-0.25, -0.2) is 0 Å². The van der Waals surface area contributed by atoms with Crippen LogP contribution in [-0.4, -0.2) is 35.3 Å². The normalized spacial score (nSPS) is 13.2. The third-order valence-electron chi connectivity index (χ3n) is 4.24. The molecule has 0 amide bonds. The van der Waals surface area contributed by atoms with Crippen LogP contribution in [0.4, 0.5) is 0 Å². The van der Waals surface area contributed by atoms with Gasteiger partial charge >= 0.3 is 0 Å². The Kier molecular flexibility index (Phi) is 4.58. The molecule has 0 unspecified atom stereocenters. The van der Waals surface area contributed by atoms with E-state index in [1.807, 2.05) is 43.4 Å². The summed E-state index contributed by atoms with van der Waals surface area (Å²) in [4.78, 5) is 6.62. The van der Waals surface area contributed by atoms with Crippen molar-refractivity contribution in [2.24, 2.45) is 0 Å². The second kappa shape index (κ2) is 7.17. The highest BCUT2D eigenvalue weighted by atomic mass is 16.6. The summed E-state index contributed by atoms with van der Waals surface area (Å²) in [6, 6.07) is 14.1. The van der Waals surface area contributed by atoms with E-state index in [2.05, 4.69) is 28.0 Å². The molecule has 0 fully saturated rings. The topological polar surface area (TPSA) is 60.6 Å². The Hall–Kier alpha value is -2.86. The Morgan fingerprint density at radius 1 is 0.962 bits per heavy atom. The lowest BCUT2D eigenvalue weighted by atomic mass is 10.1. The van der Waals surface area contributed by atoms with E-state index in [0.29, 0.717) is 31.5 Å². The van der Waals surface area contributed by atoms with E-state index in [0.717, 1.165) is 29.2 Å². The highest BCUT2D eigenvalue weighted by Crippen LogP contribution is 2.31. The maximum absolute atomic E-state index is 5.64. The van der Waals surface area contributed by atoms with Gasteiger partial charge in [-0.2, -0.15) is 4.98 Å². The van der Waals surface area contributed by atoms with Gasteiger partial charge in [0.1, 0.15) is 13.2 Å². The Morgan fingerprint density at radius 3 is 2.54 bits per heavy atom. The van der Waals surface area contributed by atoms with E-state index >= 15 is 0 Å². The number of hydrogen-bond donors (Lipinski definition) is 0. The highest BCUT2D eigenvalue weighted by molar-refractivity contribution is 5.54. The van der Waals surface area contributed by atoms with Gasteiger partial charge in [0.15, 0.2) is 11.5 Å². The molecule has 4 rings (SSSR count). The molecule has 26 heavy (non-hydrogen) atoms. The molecule has 0 radical (unpaired) electrons. The predicted molar refractivity (Wildman–Crippen MR) is 97.1 cm³/mol. The minimum Gasteiger partial charge on any atom is -0.486 e. The predicted octanol–water partition coefficient (Wildman–Crippen LogP) is 3.45. The van der Waals surface area contributed by atoms with Gasteiger partial charge in [0.2, 0.25) is 11.7 Å². The van der Waals surface area contributed by atoms with Crippen LogP contribution in [-0.2, 0) is 13.1 Å². The zero-order chi connectivity index (χ0) is 17.9. The molecule has 0 N–H and O–H groups in total. The number of nitrogens with zero attached hydrogens (tertiary/aromatic N) is 3. The number of hydrogen-bond acceptors (Lipinski definition) is 6. The van der Waals surface area contributed by atoms with Gasteiger partial charge in [0.25, 0.3) is 0 Å². The van der Waals surface area contributed by atoms with Crippen molar-refractivity contribution in [3.63, 3.8) is 0 Å². The second-order valence-corrected chi connectivity index (χ2v) is 6.53. The summed E-state index contributed by atoms with van der Waals surface area (Å²) in [7, 11) is 2.02. The molecule has 0 bridgehead atoms. The van der Waals surface area contributed by atoms with Gasteiger partial charge in [-0.3, -0.25) is 4.90 Å². The first-order valence-corrected chi connectivity index (χ1v) is 8.64. The maximum Gasteiger partial charge on any atom is 0.241 e. The van der Waals surface area contributed by atoms with E-state index in [-0.39, 0.29) is 0 Å². The number of rotatable bonds is 5. The zero-order valence-corrected chi connectivity index (χ0v) is 14.9. The SMILES string of the molecule is Cc1ccc(-c2noc(CN(C)Cc3ccc4c(c3)OCCO4)n2)cc1. The highest BCUT2D eigenvalue weighted by Gasteiger charge is 2.14. The standard InChI is InChI=1S/C20H21N3O3/c1-14-3-6-16(7-4-14)20-21-19(26-22-20)13-23(2)12-15-5-8-17-18(11-15)25-10-9-24-17/h3-8,11H,9-10,12-13H2,1-2H3. The zero-order valence-electron chi connectivity index (χ0n) is 14.9. The van der Waals surface area contributed by atoms with Crippen LogP contribution in [0.15, 0.2) is 47.0 Å². The first kappa shape index (κ1) is 16.6. The number of aromatic nitrogens is 2. The monoisotopic (exact) mass is 351 g/mol. The number of benzene rings is 2. The summed E-state index contributed by atoms with van der Waals surface area (Å²) in [6.07, 6.45) is 0. The first-order chi connectivity index (χ1) is 12.7. The van der Waals surface area contributed by atoms with Crippen LogP contribution in [0.1, 0.15) is 17.0 Å². The van der Waals surface area contributed by atoms with Crippen molar-refractivity contribution in [3.8, 4) is 22.9 Å². The van der Waals surface area contributed by atoms with Crippen LogP contribution in [0.5, 0.6) is 11.5 Å². The average Bonchev–Trinajstić information content (AvgIpc) is 3.10. The smallest absolute Gasteiger partial charge is 0.241 e. The van der Waals surface area contributed by atoms with Crippen molar-refractivity contribution in [1.29, 1.82) is 0 Å². The summed E-state index contributed by atoms with van der Waals surface area (Å²) in [5.41, 5.74) is 3.31. The van der Waals surface area contributed by atoms with Crippen molar-refractivity contribution in [2.45, 2.75) is 20.0 Å². The fourth-order valence-corrected chi connectivity index (χ4v) is 2.92. The van der Waals surface area contributed by atoms with Crippen LogP contribution in [0.25, 0.3) is 11.4 Å². The summed E-state index contributed by atoms with van der Waals surface area (Å²) in [5, 5.41) is 4.08. The first-order valence-electron chi connectivity index (χ1n) is 8.64. The summed E-state index contributed by atoms with van der Waals surface area (Å²) >= 11 is 0. The van der Waals surface area contributed by atoms with Gasteiger partial charge in [0, 0.05) is 12.1 Å². The Bertz CT molecular complexity index is 890. The van der Waals surface area contributed by atoms with Crippen LogP contribution < -0.4 is 9.47 Å². The molecule has 0 aliphatic carbocycles.